The number of anilines is 1. The van der Waals surface area contributed by atoms with Crippen molar-refractivity contribution in [1.29, 1.82) is 0 Å². The molecule has 0 aliphatic heterocycles. The summed E-state index contributed by atoms with van der Waals surface area (Å²) in [5, 5.41) is 3.36. The van der Waals surface area contributed by atoms with E-state index in [4.69, 9.17) is 11.6 Å². The van der Waals surface area contributed by atoms with Gasteiger partial charge in [0.1, 0.15) is 0 Å². The number of rotatable bonds is 2. The van der Waals surface area contributed by atoms with Crippen molar-refractivity contribution < 1.29 is 4.79 Å². The highest BCUT2D eigenvalue weighted by molar-refractivity contribution is 9.11. The summed E-state index contributed by atoms with van der Waals surface area (Å²) in [6.45, 7) is 0. The molecule has 1 amide bonds. The summed E-state index contributed by atoms with van der Waals surface area (Å²) in [7, 11) is 0. The Bertz CT molecular complexity index is 646. The first-order chi connectivity index (χ1) is 8.99. The van der Waals surface area contributed by atoms with Crippen LogP contribution in [0.2, 0.25) is 5.02 Å². The van der Waals surface area contributed by atoms with E-state index >= 15 is 0 Å². The van der Waals surface area contributed by atoms with Crippen LogP contribution in [0.1, 0.15) is 10.4 Å². The third kappa shape index (κ3) is 3.60. The molecule has 0 unspecified atom stereocenters. The van der Waals surface area contributed by atoms with Crippen LogP contribution in [0.5, 0.6) is 0 Å². The first-order valence-corrected chi connectivity index (χ1v) is 7.95. The van der Waals surface area contributed by atoms with E-state index in [9.17, 15) is 4.79 Å². The molecular formula is C13H7Br3ClNO. The van der Waals surface area contributed by atoms with E-state index in [0.717, 1.165) is 8.95 Å². The number of hydrogen-bond acceptors (Lipinski definition) is 1. The molecule has 0 aliphatic rings. The van der Waals surface area contributed by atoms with Crippen molar-refractivity contribution in [3.05, 3.63) is 60.4 Å². The second-order valence-electron chi connectivity index (χ2n) is 3.68. The molecule has 0 bridgehead atoms. The molecule has 0 fully saturated rings. The van der Waals surface area contributed by atoms with E-state index in [1.807, 2.05) is 12.1 Å². The maximum atomic E-state index is 12.2. The van der Waals surface area contributed by atoms with Crippen LogP contribution in [0.25, 0.3) is 0 Å². The number of hydrogen-bond donors (Lipinski definition) is 1. The van der Waals surface area contributed by atoms with Crippen LogP contribution in [-0.2, 0) is 0 Å². The standard InChI is InChI=1S/C13H7Br3ClNO/c14-7-4-5-9(15)8(6-7)13(19)18-11-3-1-2-10(17)12(11)16/h1-6H,(H,18,19). The van der Waals surface area contributed by atoms with Crippen molar-refractivity contribution >= 4 is 71.0 Å². The van der Waals surface area contributed by atoms with Crippen LogP contribution in [0.3, 0.4) is 0 Å². The Balaban J connectivity index is 2.31. The van der Waals surface area contributed by atoms with E-state index in [2.05, 4.69) is 53.1 Å². The van der Waals surface area contributed by atoms with Gasteiger partial charge in [0.25, 0.3) is 5.91 Å². The minimum atomic E-state index is -0.212. The fraction of sp³-hybridized carbons (Fsp3) is 0. The number of halogens is 4. The largest absolute Gasteiger partial charge is 0.321 e. The Morgan fingerprint density at radius 3 is 2.58 bits per heavy atom. The first-order valence-electron chi connectivity index (χ1n) is 5.19. The highest BCUT2D eigenvalue weighted by Gasteiger charge is 2.13. The molecule has 0 radical (unpaired) electrons. The second-order valence-corrected chi connectivity index (χ2v) is 6.65. The highest BCUT2D eigenvalue weighted by atomic mass is 79.9. The Morgan fingerprint density at radius 2 is 1.84 bits per heavy atom. The van der Waals surface area contributed by atoms with Crippen molar-refractivity contribution in [2.24, 2.45) is 0 Å². The van der Waals surface area contributed by atoms with Gasteiger partial charge in [-0.15, -0.1) is 0 Å². The van der Waals surface area contributed by atoms with Crippen molar-refractivity contribution in [1.82, 2.24) is 0 Å². The molecule has 0 aliphatic carbocycles. The molecule has 0 saturated heterocycles. The molecule has 0 spiro atoms. The lowest BCUT2D eigenvalue weighted by Crippen LogP contribution is -2.13. The maximum Gasteiger partial charge on any atom is 0.256 e. The van der Waals surface area contributed by atoms with Crippen LogP contribution in [0, 0.1) is 0 Å². The summed E-state index contributed by atoms with van der Waals surface area (Å²) in [5.74, 6) is -0.212. The van der Waals surface area contributed by atoms with Gasteiger partial charge in [-0.3, -0.25) is 4.79 Å². The summed E-state index contributed by atoms with van der Waals surface area (Å²) in [4.78, 5) is 12.2. The molecule has 2 nitrogen and oxygen atoms in total. The van der Waals surface area contributed by atoms with Crippen molar-refractivity contribution in [3.8, 4) is 0 Å². The number of nitrogens with one attached hydrogen (secondary N) is 1. The molecule has 98 valence electrons. The van der Waals surface area contributed by atoms with Crippen LogP contribution >= 0.6 is 59.4 Å². The van der Waals surface area contributed by atoms with E-state index in [0.29, 0.717) is 20.7 Å². The highest BCUT2D eigenvalue weighted by Crippen LogP contribution is 2.31. The fourth-order valence-electron chi connectivity index (χ4n) is 1.46. The monoisotopic (exact) mass is 465 g/mol. The maximum absolute atomic E-state index is 12.2. The summed E-state index contributed by atoms with van der Waals surface area (Å²) >= 11 is 16.0. The van der Waals surface area contributed by atoms with E-state index < -0.39 is 0 Å². The second kappa shape index (κ2) is 6.39. The van der Waals surface area contributed by atoms with Gasteiger partial charge in [0, 0.05) is 8.95 Å². The zero-order valence-electron chi connectivity index (χ0n) is 9.38. The Morgan fingerprint density at radius 1 is 1.11 bits per heavy atom. The molecule has 2 aromatic carbocycles. The van der Waals surface area contributed by atoms with Gasteiger partial charge >= 0.3 is 0 Å². The van der Waals surface area contributed by atoms with E-state index in [-0.39, 0.29) is 5.91 Å². The van der Waals surface area contributed by atoms with Crippen LogP contribution in [0.15, 0.2) is 49.8 Å². The van der Waals surface area contributed by atoms with Gasteiger partial charge in [-0.25, -0.2) is 0 Å². The van der Waals surface area contributed by atoms with Gasteiger partial charge in [-0.2, -0.15) is 0 Å². The molecule has 0 heterocycles. The smallest absolute Gasteiger partial charge is 0.256 e. The quantitative estimate of drug-likeness (QED) is 0.586. The predicted octanol–water partition coefficient (Wildman–Crippen LogP) is 5.88. The molecule has 1 N–H and O–H groups in total. The van der Waals surface area contributed by atoms with Gasteiger partial charge in [-0.05, 0) is 62.2 Å². The molecule has 0 atom stereocenters. The minimum Gasteiger partial charge on any atom is -0.321 e. The van der Waals surface area contributed by atoms with E-state index in [1.165, 1.54) is 0 Å². The summed E-state index contributed by atoms with van der Waals surface area (Å²) in [6.07, 6.45) is 0. The van der Waals surface area contributed by atoms with Crippen LogP contribution in [0.4, 0.5) is 5.69 Å². The predicted molar refractivity (Wildman–Crippen MR) is 88.9 cm³/mol. The van der Waals surface area contributed by atoms with Gasteiger partial charge in [-0.1, -0.05) is 33.6 Å². The molecular weight excluding hydrogens is 461 g/mol. The minimum absolute atomic E-state index is 0.212. The average molecular weight is 468 g/mol. The molecule has 0 aromatic heterocycles. The number of carbonyl (C=O) groups excluding carboxylic acids is 1. The lowest BCUT2D eigenvalue weighted by atomic mass is 10.2. The molecule has 0 saturated carbocycles. The zero-order valence-corrected chi connectivity index (χ0v) is 14.9. The molecule has 2 aromatic rings. The van der Waals surface area contributed by atoms with Gasteiger partial charge in [0.05, 0.1) is 20.7 Å². The van der Waals surface area contributed by atoms with Crippen LogP contribution in [-0.4, -0.2) is 5.91 Å². The fourth-order valence-corrected chi connectivity index (χ4v) is 2.79. The third-order valence-corrected chi connectivity index (χ3v) is 4.96. The molecule has 2 rings (SSSR count). The van der Waals surface area contributed by atoms with Crippen LogP contribution < -0.4 is 5.32 Å². The van der Waals surface area contributed by atoms with Gasteiger partial charge in [0.15, 0.2) is 0 Å². The summed E-state index contributed by atoms with van der Waals surface area (Å²) in [5.41, 5.74) is 1.17. The SMILES string of the molecule is O=C(Nc1cccc(Cl)c1Br)c1cc(Br)ccc1Br. The number of carbonyl (C=O) groups is 1. The number of amides is 1. The Hall–Kier alpha value is -0.360. The Labute approximate surface area is 140 Å². The van der Waals surface area contributed by atoms with E-state index in [1.54, 1.807) is 24.3 Å². The van der Waals surface area contributed by atoms with Crippen molar-refractivity contribution in [2.45, 2.75) is 0 Å². The Kier molecular flexibility index (Phi) is 5.06. The number of benzene rings is 2. The summed E-state index contributed by atoms with van der Waals surface area (Å²) < 4.78 is 2.23. The lowest BCUT2D eigenvalue weighted by molar-refractivity contribution is 0.102. The lowest BCUT2D eigenvalue weighted by Gasteiger charge is -2.09. The molecule has 6 heteroatoms. The normalized spacial score (nSPS) is 10.3. The third-order valence-electron chi connectivity index (χ3n) is 2.37. The molecule has 19 heavy (non-hydrogen) atoms. The van der Waals surface area contributed by atoms with Crippen molar-refractivity contribution in [3.63, 3.8) is 0 Å². The average Bonchev–Trinajstić information content (AvgIpc) is 2.38. The zero-order chi connectivity index (χ0) is 14.0. The van der Waals surface area contributed by atoms with Crippen molar-refractivity contribution in [2.75, 3.05) is 5.32 Å². The topological polar surface area (TPSA) is 29.1 Å². The van der Waals surface area contributed by atoms with Gasteiger partial charge in [0.2, 0.25) is 0 Å². The first kappa shape index (κ1) is 15.0. The summed E-state index contributed by atoms with van der Waals surface area (Å²) in [6, 6.07) is 10.7. The van der Waals surface area contributed by atoms with Gasteiger partial charge < -0.3 is 5.32 Å².